The van der Waals surface area contributed by atoms with Gasteiger partial charge in [-0.1, -0.05) is 13.8 Å². The van der Waals surface area contributed by atoms with Crippen LogP contribution in [0.5, 0.6) is 0 Å². The third-order valence-corrected chi connectivity index (χ3v) is 4.10. The highest BCUT2D eigenvalue weighted by Crippen LogP contribution is 2.29. The molecule has 1 aliphatic rings. The Bertz CT molecular complexity index is 519. The van der Waals surface area contributed by atoms with Gasteiger partial charge in [0.2, 0.25) is 0 Å². The zero-order valence-electron chi connectivity index (χ0n) is 11.7. The first-order chi connectivity index (χ1) is 9.40. The number of hydrogen-bond acceptors (Lipinski definition) is 2. The predicted molar refractivity (Wildman–Crippen MR) is 74.2 cm³/mol. The molecule has 1 aromatic carbocycles. The Morgan fingerprint density at radius 3 is 2.65 bits per heavy atom. The lowest BCUT2D eigenvalue weighted by molar-refractivity contribution is 0.0891. The van der Waals surface area contributed by atoms with E-state index in [9.17, 15) is 13.6 Å². The van der Waals surface area contributed by atoms with E-state index in [1.54, 1.807) is 0 Å². The molecule has 3 nitrogen and oxygen atoms in total. The molecule has 2 rings (SSSR count). The molecule has 0 spiro atoms. The molecule has 110 valence electrons. The van der Waals surface area contributed by atoms with Gasteiger partial charge in [0.25, 0.3) is 5.91 Å². The van der Waals surface area contributed by atoms with Crippen LogP contribution in [0.25, 0.3) is 0 Å². The molecule has 1 aromatic rings. The molecule has 1 amide bonds. The summed E-state index contributed by atoms with van der Waals surface area (Å²) in [6.45, 7) is 4.22. The molecule has 0 heterocycles. The maximum Gasteiger partial charge on any atom is 0.257 e. The van der Waals surface area contributed by atoms with Crippen LogP contribution in [0.1, 0.15) is 43.5 Å². The number of amides is 1. The van der Waals surface area contributed by atoms with Crippen LogP contribution in [0, 0.1) is 23.5 Å². The summed E-state index contributed by atoms with van der Waals surface area (Å²) in [5, 5.41) is 2.74. The van der Waals surface area contributed by atoms with Gasteiger partial charge in [0.05, 0.1) is 5.69 Å². The molecule has 0 bridgehead atoms. The molecule has 1 saturated carbocycles. The van der Waals surface area contributed by atoms with Crippen LogP contribution < -0.4 is 11.1 Å². The van der Waals surface area contributed by atoms with Gasteiger partial charge in [-0.25, -0.2) is 8.78 Å². The number of carbonyl (C=O) groups is 1. The lowest BCUT2D eigenvalue weighted by Crippen LogP contribution is -2.43. The van der Waals surface area contributed by atoms with Crippen molar-refractivity contribution in [2.45, 2.75) is 39.2 Å². The standard InChI is InChI=1S/C15H20F2N2O/c1-8-3-6-12(9(2)7-8)19-15(20)13-10(16)4-5-11(18)14(13)17/h4-5,8-9,12H,3,6-7,18H2,1-2H3,(H,19,20). The normalized spacial score (nSPS) is 26.3. The van der Waals surface area contributed by atoms with Crippen molar-refractivity contribution < 1.29 is 13.6 Å². The second-order valence-corrected chi connectivity index (χ2v) is 5.80. The van der Waals surface area contributed by atoms with Gasteiger partial charge in [0, 0.05) is 6.04 Å². The van der Waals surface area contributed by atoms with Crippen molar-refractivity contribution in [2.24, 2.45) is 11.8 Å². The Morgan fingerprint density at radius 2 is 2.00 bits per heavy atom. The summed E-state index contributed by atoms with van der Waals surface area (Å²) in [5.41, 5.74) is 4.58. The van der Waals surface area contributed by atoms with Crippen molar-refractivity contribution in [1.29, 1.82) is 0 Å². The van der Waals surface area contributed by atoms with E-state index in [2.05, 4.69) is 12.2 Å². The molecule has 3 unspecified atom stereocenters. The molecule has 3 atom stereocenters. The SMILES string of the molecule is CC1CCC(NC(=O)c2c(F)ccc(N)c2F)C(C)C1. The summed E-state index contributed by atoms with van der Waals surface area (Å²) in [6, 6.07) is 2.09. The van der Waals surface area contributed by atoms with Crippen LogP contribution >= 0.6 is 0 Å². The fourth-order valence-corrected chi connectivity index (χ4v) is 2.90. The van der Waals surface area contributed by atoms with E-state index in [4.69, 9.17) is 5.73 Å². The highest BCUT2D eigenvalue weighted by Gasteiger charge is 2.28. The average molecular weight is 282 g/mol. The monoisotopic (exact) mass is 282 g/mol. The molecule has 1 fully saturated rings. The van der Waals surface area contributed by atoms with Crippen LogP contribution in [0.3, 0.4) is 0 Å². The van der Waals surface area contributed by atoms with E-state index in [1.807, 2.05) is 6.92 Å². The van der Waals surface area contributed by atoms with Crippen molar-refractivity contribution in [1.82, 2.24) is 5.32 Å². The van der Waals surface area contributed by atoms with Crippen LogP contribution in [0.15, 0.2) is 12.1 Å². The molecular formula is C15H20F2N2O. The Labute approximate surface area is 117 Å². The highest BCUT2D eigenvalue weighted by molar-refractivity contribution is 5.95. The first kappa shape index (κ1) is 14.8. The number of benzene rings is 1. The largest absolute Gasteiger partial charge is 0.396 e. The average Bonchev–Trinajstić information content (AvgIpc) is 2.38. The number of nitrogens with two attached hydrogens (primary N) is 1. The molecule has 0 radical (unpaired) electrons. The summed E-state index contributed by atoms with van der Waals surface area (Å²) < 4.78 is 27.4. The Morgan fingerprint density at radius 1 is 1.30 bits per heavy atom. The minimum absolute atomic E-state index is 0.0427. The van der Waals surface area contributed by atoms with Crippen LogP contribution in [-0.4, -0.2) is 11.9 Å². The van der Waals surface area contributed by atoms with Gasteiger partial charge in [-0.3, -0.25) is 4.79 Å². The second kappa shape index (κ2) is 5.77. The summed E-state index contributed by atoms with van der Waals surface area (Å²) >= 11 is 0. The van der Waals surface area contributed by atoms with E-state index in [0.29, 0.717) is 11.8 Å². The van der Waals surface area contributed by atoms with Gasteiger partial charge in [0.1, 0.15) is 11.4 Å². The molecule has 0 aliphatic heterocycles. The second-order valence-electron chi connectivity index (χ2n) is 5.80. The van der Waals surface area contributed by atoms with E-state index in [0.717, 1.165) is 31.4 Å². The van der Waals surface area contributed by atoms with Gasteiger partial charge < -0.3 is 11.1 Å². The maximum absolute atomic E-state index is 13.8. The molecule has 5 heteroatoms. The van der Waals surface area contributed by atoms with E-state index in [-0.39, 0.29) is 11.7 Å². The van der Waals surface area contributed by atoms with E-state index < -0.39 is 23.1 Å². The molecule has 0 saturated heterocycles. The van der Waals surface area contributed by atoms with Gasteiger partial charge >= 0.3 is 0 Å². The summed E-state index contributed by atoms with van der Waals surface area (Å²) in [6.07, 6.45) is 2.85. The highest BCUT2D eigenvalue weighted by atomic mass is 19.1. The van der Waals surface area contributed by atoms with Gasteiger partial charge in [-0.15, -0.1) is 0 Å². The minimum Gasteiger partial charge on any atom is -0.396 e. The van der Waals surface area contributed by atoms with Crippen LogP contribution in [0.2, 0.25) is 0 Å². The number of rotatable bonds is 2. The lowest BCUT2D eigenvalue weighted by Gasteiger charge is -2.33. The Balaban J connectivity index is 2.15. The van der Waals surface area contributed by atoms with Gasteiger partial charge in [0.15, 0.2) is 5.82 Å². The number of hydrogen-bond donors (Lipinski definition) is 2. The molecular weight excluding hydrogens is 262 g/mol. The van der Waals surface area contributed by atoms with E-state index in [1.165, 1.54) is 0 Å². The number of anilines is 1. The quantitative estimate of drug-likeness (QED) is 0.819. The third-order valence-electron chi connectivity index (χ3n) is 4.10. The molecule has 1 aliphatic carbocycles. The first-order valence-corrected chi connectivity index (χ1v) is 6.94. The lowest BCUT2D eigenvalue weighted by atomic mass is 9.80. The topological polar surface area (TPSA) is 55.1 Å². The van der Waals surface area contributed by atoms with Crippen LogP contribution in [-0.2, 0) is 0 Å². The fourth-order valence-electron chi connectivity index (χ4n) is 2.90. The Kier molecular flexibility index (Phi) is 4.26. The molecule has 0 aromatic heterocycles. The smallest absolute Gasteiger partial charge is 0.257 e. The first-order valence-electron chi connectivity index (χ1n) is 6.94. The number of nitrogen functional groups attached to an aromatic ring is 1. The third kappa shape index (κ3) is 2.92. The Hall–Kier alpha value is -1.65. The van der Waals surface area contributed by atoms with Crippen molar-refractivity contribution in [3.8, 4) is 0 Å². The van der Waals surface area contributed by atoms with Crippen LogP contribution in [0.4, 0.5) is 14.5 Å². The summed E-state index contributed by atoms with van der Waals surface area (Å²) in [7, 11) is 0. The zero-order valence-corrected chi connectivity index (χ0v) is 11.7. The fraction of sp³-hybridized carbons (Fsp3) is 0.533. The minimum atomic E-state index is -0.987. The number of carbonyl (C=O) groups excluding carboxylic acids is 1. The zero-order chi connectivity index (χ0) is 14.9. The van der Waals surface area contributed by atoms with Crippen molar-refractivity contribution in [3.05, 3.63) is 29.3 Å². The van der Waals surface area contributed by atoms with Gasteiger partial charge in [-0.2, -0.15) is 0 Å². The number of halogens is 2. The van der Waals surface area contributed by atoms with Crippen molar-refractivity contribution in [2.75, 3.05) is 5.73 Å². The van der Waals surface area contributed by atoms with Crippen molar-refractivity contribution >= 4 is 11.6 Å². The summed E-state index contributed by atoms with van der Waals surface area (Å²) in [5.74, 6) is -1.67. The maximum atomic E-state index is 13.8. The van der Waals surface area contributed by atoms with E-state index >= 15 is 0 Å². The van der Waals surface area contributed by atoms with Gasteiger partial charge in [-0.05, 0) is 43.2 Å². The summed E-state index contributed by atoms with van der Waals surface area (Å²) in [4.78, 5) is 12.1. The molecule has 20 heavy (non-hydrogen) atoms. The number of nitrogens with one attached hydrogen (secondary N) is 1. The van der Waals surface area contributed by atoms with Crippen molar-refractivity contribution in [3.63, 3.8) is 0 Å². The molecule has 3 N–H and O–H groups in total. The predicted octanol–water partition coefficient (Wildman–Crippen LogP) is 3.10.